The molecule has 3 rings (SSSR count). The summed E-state index contributed by atoms with van der Waals surface area (Å²) in [6.45, 7) is 8.45. The van der Waals surface area contributed by atoms with Crippen LogP contribution in [0.5, 0.6) is 5.75 Å². The molecule has 204 valence electrons. The normalized spacial score (nSPS) is 17.5. The molecule has 2 aromatic rings. The first kappa shape index (κ1) is 29.5. The van der Waals surface area contributed by atoms with Crippen molar-refractivity contribution in [2.24, 2.45) is 5.92 Å². The van der Waals surface area contributed by atoms with Crippen molar-refractivity contribution in [2.75, 3.05) is 19.8 Å². The average molecular weight is 507 g/mol. The Morgan fingerprint density at radius 3 is 1.95 bits per heavy atom. The van der Waals surface area contributed by atoms with Crippen LogP contribution in [0.2, 0.25) is 0 Å². The van der Waals surface area contributed by atoms with Crippen molar-refractivity contribution in [2.45, 2.75) is 103 Å². The molecule has 0 radical (unpaired) electrons. The highest BCUT2D eigenvalue weighted by atomic mass is 16.7. The highest BCUT2D eigenvalue weighted by molar-refractivity contribution is 5.64. The Morgan fingerprint density at radius 2 is 1.30 bits per heavy atom. The van der Waals surface area contributed by atoms with E-state index < -0.39 is 0 Å². The van der Waals surface area contributed by atoms with Crippen LogP contribution in [0.4, 0.5) is 0 Å². The van der Waals surface area contributed by atoms with Gasteiger partial charge in [0.2, 0.25) is 0 Å². The third kappa shape index (κ3) is 11.4. The van der Waals surface area contributed by atoms with E-state index in [0.29, 0.717) is 5.92 Å². The van der Waals surface area contributed by atoms with Gasteiger partial charge in [-0.15, -0.1) is 6.58 Å². The zero-order chi connectivity index (χ0) is 26.0. The smallest absolute Gasteiger partial charge is 0.183 e. The lowest BCUT2D eigenvalue weighted by Crippen LogP contribution is -2.27. The maximum Gasteiger partial charge on any atom is 0.183 e. The second kappa shape index (κ2) is 18.2. The van der Waals surface area contributed by atoms with Crippen LogP contribution < -0.4 is 4.74 Å². The lowest BCUT2D eigenvalue weighted by atomic mass is 10.0. The van der Waals surface area contributed by atoms with Crippen molar-refractivity contribution in [1.82, 2.24) is 0 Å². The van der Waals surface area contributed by atoms with Crippen molar-refractivity contribution in [3.05, 3.63) is 66.7 Å². The van der Waals surface area contributed by atoms with E-state index in [9.17, 15) is 0 Å². The van der Waals surface area contributed by atoms with Crippen molar-refractivity contribution >= 4 is 0 Å². The molecule has 1 fully saturated rings. The van der Waals surface area contributed by atoms with Gasteiger partial charge in [0.05, 0.1) is 19.8 Å². The molecular weight excluding hydrogens is 456 g/mol. The van der Waals surface area contributed by atoms with Crippen LogP contribution in [0.25, 0.3) is 11.1 Å². The Kier molecular flexibility index (Phi) is 14.5. The summed E-state index contributed by atoms with van der Waals surface area (Å²) in [4.78, 5) is 0. The zero-order valence-electron chi connectivity index (χ0n) is 23.3. The van der Waals surface area contributed by atoms with E-state index in [1.54, 1.807) is 0 Å². The standard InChI is InChI=1S/C34H50O3/c1-3-5-7-9-11-12-14-16-26-35-33-24-22-31(23-25-33)30-18-20-32(21-19-30)34-36-27-29(28-37-34)17-15-13-10-8-6-4-2/h3,18-25,29,34H,1,4-17,26-28H2,2H3. The third-order valence-electron chi connectivity index (χ3n) is 7.37. The topological polar surface area (TPSA) is 27.7 Å². The van der Waals surface area contributed by atoms with Crippen molar-refractivity contribution in [3.8, 4) is 16.9 Å². The van der Waals surface area contributed by atoms with E-state index >= 15 is 0 Å². The number of benzene rings is 2. The van der Waals surface area contributed by atoms with Crippen molar-refractivity contribution < 1.29 is 14.2 Å². The molecule has 1 aliphatic heterocycles. The minimum absolute atomic E-state index is 0.238. The largest absolute Gasteiger partial charge is 0.494 e. The molecule has 0 aromatic heterocycles. The van der Waals surface area contributed by atoms with Crippen LogP contribution >= 0.6 is 0 Å². The SMILES string of the molecule is C=CCCCCCCCCOc1ccc(-c2ccc(C3OCC(CCCCCCCC)CO3)cc2)cc1. The number of allylic oxidation sites excluding steroid dienone is 1. The Labute approximate surface area is 226 Å². The maximum absolute atomic E-state index is 6.08. The van der Waals surface area contributed by atoms with Crippen LogP contribution in [0.1, 0.15) is 109 Å². The fraction of sp³-hybridized carbons (Fsp3) is 0.588. The van der Waals surface area contributed by atoms with Gasteiger partial charge in [-0.3, -0.25) is 0 Å². The highest BCUT2D eigenvalue weighted by Crippen LogP contribution is 2.30. The average Bonchev–Trinajstić information content (AvgIpc) is 2.95. The molecule has 2 aromatic carbocycles. The quantitative estimate of drug-likeness (QED) is 0.140. The van der Waals surface area contributed by atoms with Crippen LogP contribution in [-0.2, 0) is 9.47 Å². The molecule has 3 nitrogen and oxygen atoms in total. The highest BCUT2D eigenvalue weighted by Gasteiger charge is 2.23. The van der Waals surface area contributed by atoms with Gasteiger partial charge >= 0.3 is 0 Å². The third-order valence-corrected chi connectivity index (χ3v) is 7.37. The minimum Gasteiger partial charge on any atom is -0.494 e. The first-order valence-electron chi connectivity index (χ1n) is 15.0. The summed E-state index contributed by atoms with van der Waals surface area (Å²) in [6, 6.07) is 17.0. The predicted octanol–water partition coefficient (Wildman–Crippen LogP) is 10.1. The Balaban J connectivity index is 1.32. The van der Waals surface area contributed by atoms with Crippen molar-refractivity contribution in [1.29, 1.82) is 0 Å². The van der Waals surface area contributed by atoms with E-state index in [2.05, 4.69) is 62.0 Å². The molecule has 0 N–H and O–H groups in total. The number of rotatable bonds is 19. The Hall–Kier alpha value is -2.10. The van der Waals surface area contributed by atoms with Gasteiger partial charge in [0.15, 0.2) is 6.29 Å². The molecule has 1 saturated heterocycles. The Morgan fingerprint density at radius 1 is 0.730 bits per heavy atom. The number of hydrogen-bond acceptors (Lipinski definition) is 3. The fourth-order valence-electron chi connectivity index (χ4n) is 4.98. The summed E-state index contributed by atoms with van der Waals surface area (Å²) in [5.41, 5.74) is 3.49. The lowest BCUT2D eigenvalue weighted by Gasteiger charge is -2.29. The fourth-order valence-corrected chi connectivity index (χ4v) is 4.98. The predicted molar refractivity (Wildman–Crippen MR) is 156 cm³/mol. The zero-order valence-corrected chi connectivity index (χ0v) is 23.3. The summed E-state index contributed by atoms with van der Waals surface area (Å²) in [7, 11) is 0. The van der Waals surface area contributed by atoms with Gasteiger partial charge in [-0.2, -0.15) is 0 Å². The van der Waals surface area contributed by atoms with E-state index in [0.717, 1.165) is 44.0 Å². The van der Waals surface area contributed by atoms with Crippen LogP contribution in [0.15, 0.2) is 61.2 Å². The molecule has 0 bridgehead atoms. The first-order valence-corrected chi connectivity index (χ1v) is 15.0. The monoisotopic (exact) mass is 506 g/mol. The second-order valence-corrected chi connectivity index (χ2v) is 10.6. The summed E-state index contributed by atoms with van der Waals surface area (Å²) in [6.07, 6.45) is 19.8. The molecule has 37 heavy (non-hydrogen) atoms. The van der Waals surface area contributed by atoms with Gasteiger partial charge in [0.25, 0.3) is 0 Å². The Bertz CT molecular complexity index is 834. The van der Waals surface area contributed by atoms with Gasteiger partial charge in [-0.1, -0.05) is 114 Å². The van der Waals surface area contributed by atoms with Crippen LogP contribution in [0, 0.1) is 5.92 Å². The molecule has 0 unspecified atom stereocenters. The van der Waals surface area contributed by atoms with Gasteiger partial charge in [-0.05, 0) is 48.9 Å². The minimum atomic E-state index is -0.238. The van der Waals surface area contributed by atoms with E-state index in [4.69, 9.17) is 14.2 Å². The van der Waals surface area contributed by atoms with Gasteiger partial charge in [0.1, 0.15) is 5.75 Å². The van der Waals surface area contributed by atoms with Crippen molar-refractivity contribution in [3.63, 3.8) is 0 Å². The molecule has 0 amide bonds. The summed E-state index contributed by atoms with van der Waals surface area (Å²) >= 11 is 0. The first-order chi connectivity index (χ1) is 18.3. The molecule has 0 saturated carbocycles. The number of hydrogen-bond donors (Lipinski definition) is 0. The number of ether oxygens (including phenoxy) is 3. The molecular formula is C34H50O3. The molecule has 0 atom stereocenters. The molecule has 0 spiro atoms. The van der Waals surface area contributed by atoms with Gasteiger partial charge < -0.3 is 14.2 Å². The lowest BCUT2D eigenvalue weighted by molar-refractivity contribution is -0.206. The molecule has 0 aliphatic carbocycles. The summed E-state index contributed by atoms with van der Waals surface area (Å²) in [5.74, 6) is 1.49. The summed E-state index contributed by atoms with van der Waals surface area (Å²) < 4.78 is 18.1. The molecule has 1 heterocycles. The van der Waals surface area contributed by atoms with Gasteiger partial charge in [-0.25, -0.2) is 0 Å². The maximum atomic E-state index is 6.08. The molecule has 3 heteroatoms. The van der Waals surface area contributed by atoms with Crippen LogP contribution in [-0.4, -0.2) is 19.8 Å². The van der Waals surface area contributed by atoms with E-state index in [1.807, 2.05) is 6.08 Å². The summed E-state index contributed by atoms with van der Waals surface area (Å²) in [5, 5.41) is 0. The van der Waals surface area contributed by atoms with Crippen LogP contribution in [0.3, 0.4) is 0 Å². The second-order valence-electron chi connectivity index (χ2n) is 10.6. The van der Waals surface area contributed by atoms with E-state index in [-0.39, 0.29) is 6.29 Å². The number of unbranched alkanes of at least 4 members (excludes halogenated alkanes) is 11. The molecule has 1 aliphatic rings. The van der Waals surface area contributed by atoms with Gasteiger partial charge in [0, 0.05) is 11.5 Å². The van der Waals surface area contributed by atoms with E-state index in [1.165, 1.54) is 88.2 Å².